The van der Waals surface area contributed by atoms with Crippen molar-refractivity contribution in [2.75, 3.05) is 0 Å². The molecule has 0 fully saturated rings. The van der Waals surface area contributed by atoms with E-state index in [0.717, 1.165) is 22.3 Å². The number of nitrogens with one attached hydrogen (secondary N) is 1. The standard InChI is InChI=1S/C18H16N4O2/c1-11-19-21-17(23-11)15-7-3-13(4-8-15)14-5-9-16(10-6-14)18-22-20-12(2)24-18/h3-10,17,21H,1-2H3. The van der Waals surface area contributed by atoms with E-state index in [4.69, 9.17) is 9.15 Å². The van der Waals surface area contributed by atoms with Crippen LogP contribution in [-0.4, -0.2) is 16.1 Å². The Hall–Kier alpha value is -3.15. The van der Waals surface area contributed by atoms with Gasteiger partial charge in [-0.15, -0.1) is 15.3 Å². The fraction of sp³-hybridized carbons (Fsp3) is 0.167. The number of hydrogen-bond donors (Lipinski definition) is 1. The molecule has 2 heterocycles. The Morgan fingerprint density at radius 2 is 1.46 bits per heavy atom. The molecule has 1 aliphatic heterocycles. The van der Waals surface area contributed by atoms with Crippen LogP contribution in [0.3, 0.4) is 0 Å². The fourth-order valence-corrected chi connectivity index (χ4v) is 2.58. The molecule has 6 heteroatoms. The summed E-state index contributed by atoms with van der Waals surface area (Å²) in [6, 6.07) is 16.3. The third kappa shape index (κ3) is 2.74. The van der Waals surface area contributed by atoms with Crippen LogP contribution in [0.4, 0.5) is 0 Å². The molecule has 0 saturated carbocycles. The van der Waals surface area contributed by atoms with Gasteiger partial charge >= 0.3 is 0 Å². The topological polar surface area (TPSA) is 72.5 Å². The molecule has 3 aromatic rings. The van der Waals surface area contributed by atoms with E-state index in [1.165, 1.54) is 0 Å². The number of aryl methyl sites for hydroxylation is 1. The van der Waals surface area contributed by atoms with Gasteiger partial charge in [0.25, 0.3) is 0 Å². The number of aromatic nitrogens is 2. The average molecular weight is 320 g/mol. The van der Waals surface area contributed by atoms with E-state index >= 15 is 0 Å². The molecule has 0 spiro atoms. The molecule has 120 valence electrons. The summed E-state index contributed by atoms with van der Waals surface area (Å²) in [5.41, 5.74) is 7.15. The first kappa shape index (κ1) is 14.4. The molecule has 24 heavy (non-hydrogen) atoms. The predicted molar refractivity (Wildman–Crippen MR) is 90.0 cm³/mol. The van der Waals surface area contributed by atoms with Crippen LogP contribution in [0.25, 0.3) is 22.6 Å². The third-order valence-electron chi connectivity index (χ3n) is 3.83. The SMILES string of the molecule is CC1=NNC(c2ccc(-c3ccc(-c4nnc(C)o4)cc3)cc2)O1. The van der Waals surface area contributed by atoms with Gasteiger partial charge in [-0.3, -0.25) is 5.43 Å². The first-order valence-corrected chi connectivity index (χ1v) is 7.66. The van der Waals surface area contributed by atoms with E-state index in [9.17, 15) is 0 Å². The number of hydrogen-bond acceptors (Lipinski definition) is 6. The molecular weight excluding hydrogens is 304 g/mol. The normalized spacial score (nSPS) is 16.4. The minimum Gasteiger partial charge on any atom is -0.451 e. The van der Waals surface area contributed by atoms with Crippen LogP contribution in [0.1, 0.15) is 24.6 Å². The maximum absolute atomic E-state index is 5.58. The lowest BCUT2D eigenvalue weighted by Crippen LogP contribution is -2.11. The molecule has 1 aliphatic rings. The molecule has 6 nitrogen and oxygen atoms in total. The smallest absolute Gasteiger partial charge is 0.247 e. The van der Waals surface area contributed by atoms with Gasteiger partial charge in [0.2, 0.25) is 23.9 Å². The molecule has 0 saturated heterocycles. The Labute approximate surface area is 139 Å². The van der Waals surface area contributed by atoms with Crippen LogP contribution in [0, 0.1) is 6.92 Å². The zero-order chi connectivity index (χ0) is 16.5. The van der Waals surface area contributed by atoms with Crippen molar-refractivity contribution in [3.63, 3.8) is 0 Å². The summed E-state index contributed by atoms with van der Waals surface area (Å²) in [6.45, 7) is 3.61. The molecule has 0 amide bonds. The number of ether oxygens (including phenoxy) is 1. The van der Waals surface area contributed by atoms with Crippen LogP contribution < -0.4 is 5.43 Å². The van der Waals surface area contributed by atoms with E-state index in [2.05, 4.69) is 32.9 Å². The Morgan fingerprint density at radius 1 is 0.833 bits per heavy atom. The highest BCUT2D eigenvalue weighted by Gasteiger charge is 2.17. The van der Waals surface area contributed by atoms with Crippen molar-refractivity contribution in [1.82, 2.24) is 15.6 Å². The molecule has 1 N–H and O–H groups in total. The maximum Gasteiger partial charge on any atom is 0.247 e. The van der Waals surface area contributed by atoms with Crippen molar-refractivity contribution in [3.05, 3.63) is 60.0 Å². The number of nitrogens with zero attached hydrogens (tertiary/aromatic N) is 3. The average Bonchev–Trinajstić information content (AvgIpc) is 3.24. The summed E-state index contributed by atoms with van der Waals surface area (Å²) in [7, 11) is 0. The van der Waals surface area contributed by atoms with Crippen molar-refractivity contribution >= 4 is 5.90 Å². The number of benzene rings is 2. The van der Waals surface area contributed by atoms with Gasteiger partial charge in [-0.1, -0.05) is 36.4 Å². The second-order valence-corrected chi connectivity index (χ2v) is 5.58. The first-order chi connectivity index (χ1) is 11.7. The Kier molecular flexibility index (Phi) is 3.49. The molecule has 2 aromatic carbocycles. The maximum atomic E-state index is 5.58. The van der Waals surface area contributed by atoms with Crippen molar-refractivity contribution < 1.29 is 9.15 Å². The lowest BCUT2D eigenvalue weighted by Gasteiger charge is -2.11. The Bertz CT molecular complexity index is 882. The largest absolute Gasteiger partial charge is 0.451 e. The highest BCUT2D eigenvalue weighted by atomic mass is 16.5. The summed E-state index contributed by atoms with van der Waals surface area (Å²) in [5.74, 6) is 1.75. The van der Waals surface area contributed by atoms with Gasteiger partial charge in [0.1, 0.15) is 0 Å². The van der Waals surface area contributed by atoms with Gasteiger partial charge in [0, 0.05) is 25.0 Å². The molecule has 4 rings (SSSR count). The van der Waals surface area contributed by atoms with Gasteiger partial charge in [0.15, 0.2) is 0 Å². The minimum atomic E-state index is -0.206. The predicted octanol–water partition coefficient (Wildman–Crippen LogP) is 3.66. The van der Waals surface area contributed by atoms with E-state index < -0.39 is 0 Å². The molecule has 0 aliphatic carbocycles. The molecule has 0 bridgehead atoms. The van der Waals surface area contributed by atoms with Crippen LogP contribution in [0.15, 0.2) is 58.0 Å². The zero-order valence-corrected chi connectivity index (χ0v) is 13.4. The van der Waals surface area contributed by atoms with Crippen molar-refractivity contribution in [2.24, 2.45) is 5.10 Å². The zero-order valence-electron chi connectivity index (χ0n) is 13.4. The van der Waals surface area contributed by atoms with E-state index in [0.29, 0.717) is 17.7 Å². The molecule has 1 unspecified atom stereocenters. The molecular formula is C18H16N4O2. The number of rotatable bonds is 3. The van der Waals surface area contributed by atoms with E-state index in [1.54, 1.807) is 6.92 Å². The summed E-state index contributed by atoms with van der Waals surface area (Å²) in [4.78, 5) is 0. The summed E-state index contributed by atoms with van der Waals surface area (Å²) in [6.07, 6.45) is -0.206. The molecule has 1 atom stereocenters. The minimum absolute atomic E-state index is 0.206. The lowest BCUT2D eigenvalue weighted by atomic mass is 10.0. The van der Waals surface area contributed by atoms with Gasteiger partial charge < -0.3 is 9.15 Å². The highest BCUT2D eigenvalue weighted by Crippen LogP contribution is 2.26. The van der Waals surface area contributed by atoms with Gasteiger partial charge in [-0.2, -0.15) is 0 Å². The summed E-state index contributed by atoms with van der Waals surface area (Å²) < 4.78 is 11.0. The van der Waals surface area contributed by atoms with Crippen molar-refractivity contribution in [2.45, 2.75) is 20.1 Å². The third-order valence-corrected chi connectivity index (χ3v) is 3.83. The van der Waals surface area contributed by atoms with Crippen molar-refractivity contribution in [1.29, 1.82) is 0 Å². The fourth-order valence-electron chi connectivity index (χ4n) is 2.58. The molecule has 0 radical (unpaired) electrons. The van der Waals surface area contributed by atoms with Crippen LogP contribution >= 0.6 is 0 Å². The summed E-state index contributed by atoms with van der Waals surface area (Å²) in [5, 5.41) is 11.9. The van der Waals surface area contributed by atoms with Gasteiger partial charge in [0.05, 0.1) is 0 Å². The second-order valence-electron chi connectivity index (χ2n) is 5.58. The summed E-state index contributed by atoms with van der Waals surface area (Å²) >= 11 is 0. The Morgan fingerprint density at radius 3 is 2.00 bits per heavy atom. The lowest BCUT2D eigenvalue weighted by molar-refractivity contribution is 0.190. The van der Waals surface area contributed by atoms with Crippen LogP contribution in [0.2, 0.25) is 0 Å². The second kappa shape index (κ2) is 5.81. The first-order valence-electron chi connectivity index (χ1n) is 7.66. The quantitative estimate of drug-likeness (QED) is 0.797. The van der Waals surface area contributed by atoms with E-state index in [-0.39, 0.29) is 6.23 Å². The number of hydrazone groups is 1. The van der Waals surface area contributed by atoms with Crippen LogP contribution in [0.5, 0.6) is 0 Å². The Balaban J connectivity index is 1.53. The molecule has 1 aromatic heterocycles. The monoisotopic (exact) mass is 320 g/mol. The van der Waals surface area contributed by atoms with Crippen molar-refractivity contribution in [3.8, 4) is 22.6 Å². The van der Waals surface area contributed by atoms with Gasteiger partial charge in [-0.05, 0) is 23.3 Å². The van der Waals surface area contributed by atoms with Crippen LogP contribution in [-0.2, 0) is 4.74 Å². The van der Waals surface area contributed by atoms with Gasteiger partial charge in [-0.25, -0.2) is 0 Å². The highest BCUT2D eigenvalue weighted by molar-refractivity contribution is 5.74. The van der Waals surface area contributed by atoms with E-state index in [1.807, 2.05) is 43.3 Å².